The summed E-state index contributed by atoms with van der Waals surface area (Å²) in [5.74, 6) is 0.0349. The summed E-state index contributed by atoms with van der Waals surface area (Å²) in [6, 6.07) is 7.26. The van der Waals surface area contributed by atoms with Crippen molar-refractivity contribution in [3.8, 4) is 11.4 Å². The normalized spacial score (nSPS) is 17.9. The Hall–Kier alpha value is -2.77. The predicted octanol–water partition coefficient (Wildman–Crippen LogP) is 0.433. The molecule has 8 nitrogen and oxygen atoms in total. The first kappa shape index (κ1) is 16.1. The number of hydrogen-bond donors (Lipinski definition) is 2. The molecule has 1 aromatic carbocycles. The molecule has 0 saturated carbocycles. The molecule has 1 saturated heterocycles. The van der Waals surface area contributed by atoms with Gasteiger partial charge >= 0.3 is 0 Å². The van der Waals surface area contributed by atoms with E-state index in [1.54, 1.807) is 0 Å². The monoisotopic (exact) mass is 328 g/mol. The minimum Gasteiger partial charge on any atom is -0.354 e. The van der Waals surface area contributed by atoms with Gasteiger partial charge in [0, 0.05) is 12.1 Å². The molecule has 2 heterocycles. The van der Waals surface area contributed by atoms with Gasteiger partial charge in [-0.2, -0.15) is 4.80 Å². The van der Waals surface area contributed by atoms with Gasteiger partial charge in [-0.25, -0.2) is 0 Å². The quantitative estimate of drug-likeness (QED) is 0.847. The second kappa shape index (κ2) is 7.20. The molecule has 126 valence electrons. The summed E-state index contributed by atoms with van der Waals surface area (Å²) < 4.78 is 0. The minimum absolute atomic E-state index is 0.0668. The van der Waals surface area contributed by atoms with Crippen LogP contribution in [-0.2, 0) is 16.1 Å². The van der Waals surface area contributed by atoms with Crippen molar-refractivity contribution >= 4 is 11.8 Å². The number of aryl methyl sites for hydroxylation is 1. The number of carbonyl (C=O) groups excluding carboxylic acids is 2. The first-order valence-corrected chi connectivity index (χ1v) is 8.04. The van der Waals surface area contributed by atoms with Crippen LogP contribution in [0.5, 0.6) is 0 Å². The number of carbonyl (C=O) groups is 2. The van der Waals surface area contributed by atoms with E-state index in [2.05, 4.69) is 26.0 Å². The highest BCUT2D eigenvalue weighted by Gasteiger charge is 2.22. The van der Waals surface area contributed by atoms with Crippen LogP contribution in [0.2, 0.25) is 0 Å². The van der Waals surface area contributed by atoms with Gasteiger partial charge in [-0.15, -0.1) is 10.2 Å². The Balaban J connectivity index is 1.60. The second-order valence-corrected chi connectivity index (χ2v) is 5.92. The number of benzene rings is 1. The fraction of sp³-hybridized carbons (Fsp3) is 0.438. The molecule has 2 N–H and O–H groups in total. The number of rotatable bonds is 4. The van der Waals surface area contributed by atoms with Crippen molar-refractivity contribution in [2.24, 2.45) is 0 Å². The molecule has 0 bridgehead atoms. The predicted molar refractivity (Wildman–Crippen MR) is 86.8 cm³/mol. The van der Waals surface area contributed by atoms with Crippen molar-refractivity contribution in [2.45, 2.75) is 38.8 Å². The summed E-state index contributed by atoms with van der Waals surface area (Å²) in [7, 11) is 0. The Morgan fingerprint density at radius 1 is 1.33 bits per heavy atom. The third-order valence-electron chi connectivity index (χ3n) is 3.92. The molecule has 0 radical (unpaired) electrons. The van der Waals surface area contributed by atoms with Gasteiger partial charge in [0.1, 0.15) is 12.6 Å². The number of aromatic nitrogens is 4. The van der Waals surface area contributed by atoms with Crippen LogP contribution in [0, 0.1) is 6.92 Å². The van der Waals surface area contributed by atoms with Gasteiger partial charge in [0.05, 0.1) is 0 Å². The smallest absolute Gasteiger partial charge is 0.244 e. The highest BCUT2D eigenvalue weighted by atomic mass is 16.2. The van der Waals surface area contributed by atoms with E-state index in [1.165, 1.54) is 4.80 Å². The van der Waals surface area contributed by atoms with Crippen LogP contribution < -0.4 is 10.6 Å². The van der Waals surface area contributed by atoms with Crippen LogP contribution in [0.4, 0.5) is 0 Å². The Labute approximate surface area is 139 Å². The largest absolute Gasteiger partial charge is 0.354 e. The van der Waals surface area contributed by atoms with Gasteiger partial charge in [0.15, 0.2) is 0 Å². The molecular weight excluding hydrogens is 308 g/mol. The van der Waals surface area contributed by atoms with E-state index < -0.39 is 6.04 Å². The molecule has 0 spiro atoms. The van der Waals surface area contributed by atoms with Crippen molar-refractivity contribution in [3.63, 3.8) is 0 Å². The lowest BCUT2D eigenvalue weighted by molar-refractivity contribution is -0.129. The van der Waals surface area contributed by atoms with Crippen molar-refractivity contribution in [1.82, 2.24) is 30.8 Å². The number of hydrogen-bond acceptors (Lipinski definition) is 5. The zero-order valence-electron chi connectivity index (χ0n) is 13.5. The van der Waals surface area contributed by atoms with Crippen LogP contribution >= 0.6 is 0 Å². The zero-order valence-corrected chi connectivity index (χ0v) is 13.5. The van der Waals surface area contributed by atoms with E-state index in [1.807, 2.05) is 31.2 Å². The van der Waals surface area contributed by atoms with Crippen molar-refractivity contribution in [1.29, 1.82) is 0 Å². The van der Waals surface area contributed by atoms with Gasteiger partial charge in [0.2, 0.25) is 17.6 Å². The van der Waals surface area contributed by atoms with Crippen LogP contribution in [0.1, 0.15) is 24.8 Å². The first-order chi connectivity index (χ1) is 11.6. The number of nitrogens with one attached hydrogen (secondary N) is 2. The molecule has 8 heteroatoms. The van der Waals surface area contributed by atoms with Crippen molar-refractivity contribution < 1.29 is 9.59 Å². The van der Waals surface area contributed by atoms with Gasteiger partial charge in [-0.05, 0) is 31.4 Å². The molecule has 1 aromatic heterocycles. The average molecular weight is 328 g/mol. The highest BCUT2D eigenvalue weighted by molar-refractivity contribution is 5.87. The maximum Gasteiger partial charge on any atom is 0.244 e. The second-order valence-electron chi connectivity index (χ2n) is 5.92. The van der Waals surface area contributed by atoms with Crippen LogP contribution in [0.25, 0.3) is 11.4 Å². The van der Waals surface area contributed by atoms with E-state index in [9.17, 15) is 9.59 Å². The SMILES string of the molecule is Cc1ccc(-c2nnn(CC(=O)NC3CCCCNC3=O)n2)cc1. The lowest BCUT2D eigenvalue weighted by atomic mass is 10.1. The molecule has 1 fully saturated rings. The van der Waals surface area contributed by atoms with Crippen LogP contribution in [0.15, 0.2) is 24.3 Å². The summed E-state index contributed by atoms with van der Waals surface area (Å²) in [5, 5.41) is 17.6. The van der Waals surface area contributed by atoms with Crippen molar-refractivity contribution in [3.05, 3.63) is 29.8 Å². The fourth-order valence-electron chi connectivity index (χ4n) is 2.57. The molecule has 0 aliphatic carbocycles. The third kappa shape index (κ3) is 3.95. The van der Waals surface area contributed by atoms with E-state index in [0.717, 1.165) is 24.0 Å². The maximum atomic E-state index is 12.1. The Morgan fingerprint density at radius 2 is 2.12 bits per heavy atom. The molecule has 1 aliphatic rings. The first-order valence-electron chi connectivity index (χ1n) is 8.04. The highest BCUT2D eigenvalue weighted by Crippen LogP contribution is 2.13. The van der Waals surface area contributed by atoms with E-state index in [-0.39, 0.29) is 18.4 Å². The topological polar surface area (TPSA) is 102 Å². The summed E-state index contributed by atoms with van der Waals surface area (Å²) in [5.41, 5.74) is 1.99. The van der Waals surface area contributed by atoms with Gasteiger partial charge < -0.3 is 10.6 Å². The lowest BCUT2D eigenvalue weighted by Gasteiger charge is -2.14. The summed E-state index contributed by atoms with van der Waals surface area (Å²) in [4.78, 5) is 25.2. The Bertz CT molecular complexity index is 724. The zero-order chi connectivity index (χ0) is 16.9. The Morgan fingerprint density at radius 3 is 2.92 bits per heavy atom. The molecule has 1 unspecified atom stereocenters. The van der Waals surface area contributed by atoms with Crippen molar-refractivity contribution in [2.75, 3.05) is 6.54 Å². The molecular formula is C16H20N6O2. The minimum atomic E-state index is -0.486. The summed E-state index contributed by atoms with van der Waals surface area (Å²) >= 11 is 0. The number of tetrazole rings is 1. The molecule has 1 atom stereocenters. The molecule has 2 aromatic rings. The molecule has 24 heavy (non-hydrogen) atoms. The molecule has 1 aliphatic heterocycles. The van der Waals surface area contributed by atoms with Gasteiger partial charge in [0.25, 0.3) is 0 Å². The Kier molecular flexibility index (Phi) is 4.83. The average Bonchev–Trinajstić information content (AvgIpc) is 2.93. The maximum absolute atomic E-state index is 12.1. The number of amides is 2. The van der Waals surface area contributed by atoms with E-state index >= 15 is 0 Å². The summed E-state index contributed by atoms with van der Waals surface area (Å²) in [6.45, 7) is 2.60. The molecule has 2 amide bonds. The van der Waals surface area contributed by atoms with E-state index in [0.29, 0.717) is 18.8 Å². The van der Waals surface area contributed by atoms with Crippen LogP contribution in [-0.4, -0.2) is 44.6 Å². The van der Waals surface area contributed by atoms with Gasteiger partial charge in [-0.3, -0.25) is 9.59 Å². The number of nitrogens with zero attached hydrogens (tertiary/aromatic N) is 4. The van der Waals surface area contributed by atoms with Crippen LogP contribution in [0.3, 0.4) is 0 Å². The fourth-order valence-corrected chi connectivity index (χ4v) is 2.57. The lowest BCUT2D eigenvalue weighted by Crippen LogP contribution is -2.46. The van der Waals surface area contributed by atoms with E-state index in [4.69, 9.17) is 0 Å². The molecule has 3 rings (SSSR count). The summed E-state index contributed by atoms with van der Waals surface area (Å²) in [6.07, 6.45) is 2.49. The van der Waals surface area contributed by atoms with Gasteiger partial charge in [-0.1, -0.05) is 29.8 Å². The third-order valence-corrected chi connectivity index (χ3v) is 3.92. The standard InChI is InChI=1S/C16H20N6O2/c1-11-5-7-12(8-6-11)15-19-21-22(20-15)10-14(23)18-13-4-2-3-9-17-16(13)24/h5-8,13H,2-4,9-10H2,1H3,(H,17,24)(H,18,23).